The molecule has 0 amide bonds. The van der Waals surface area contributed by atoms with Crippen molar-refractivity contribution in [2.75, 3.05) is 18.0 Å². The Labute approximate surface area is 110 Å². The summed E-state index contributed by atoms with van der Waals surface area (Å²) < 4.78 is 2.21. The van der Waals surface area contributed by atoms with Gasteiger partial charge in [-0.1, -0.05) is 30.3 Å². The van der Waals surface area contributed by atoms with Gasteiger partial charge in [-0.05, 0) is 13.8 Å². The third kappa shape index (κ3) is 3.10. The van der Waals surface area contributed by atoms with E-state index < -0.39 is 0 Å². The highest BCUT2D eigenvalue weighted by molar-refractivity contribution is 5.43. The molecule has 0 fully saturated rings. The van der Waals surface area contributed by atoms with E-state index in [1.807, 2.05) is 0 Å². The van der Waals surface area contributed by atoms with E-state index in [-0.39, 0.29) is 0 Å². The highest BCUT2D eigenvalue weighted by Crippen LogP contribution is 2.10. The second-order valence-corrected chi connectivity index (χ2v) is 4.39. The maximum Gasteiger partial charge on any atom is 0.173 e. The van der Waals surface area contributed by atoms with Gasteiger partial charge in [0.25, 0.3) is 0 Å². The summed E-state index contributed by atoms with van der Waals surface area (Å²) in [5.41, 5.74) is 2.63. The first-order chi connectivity index (χ1) is 8.83. The predicted molar refractivity (Wildman–Crippen MR) is 75.7 cm³/mol. The molecule has 2 heteroatoms. The van der Waals surface area contributed by atoms with E-state index in [2.05, 4.69) is 78.2 Å². The van der Waals surface area contributed by atoms with Gasteiger partial charge in [0.15, 0.2) is 18.9 Å². The van der Waals surface area contributed by atoms with E-state index in [0.717, 1.165) is 19.6 Å². The van der Waals surface area contributed by atoms with Crippen molar-refractivity contribution in [2.45, 2.75) is 20.4 Å². The van der Waals surface area contributed by atoms with Gasteiger partial charge in [0, 0.05) is 36.5 Å². The van der Waals surface area contributed by atoms with Crippen LogP contribution in [-0.4, -0.2) is 13.1 Å². The highest BCUT2D eigenvalue weighted by atomic mass is 15.1. The Morgan fingerprint density at radius 2 is 1.50 bits per heavy atom. The third-order valence-electron chi connectivity index (χ3n) is 3.21. The Kier molecular flexibility index (Phi) is 4.35. The number of anilines is 1. The number of benzene rings is 1. The summed E-state index contributed by atoms with van der Waals surface area (Å²) in [6, 6.07) is 14.9. The summed E-state index contributed by atoms with van der Waals surface area (Å²) >= 11 is 0. The van der Waals surface area contributed by atoms with Crippen LogP contribution in [0.4, 0.5) is 5.69 Å². The van der Waals surface area contributed by atoms with Crippen molar-refractivity contribution in [3.63, 3.8) is 0 Å². The van der Waals surface area contributed by atoms with E-state index in [9.17, 15) is 0 Å². The smallest absolute Gasteiger partial charge is 0.173 e. The van der Waals surface area contributed by atoms with Gasteiger partial charge in [-0.25, -0.2) is 4.57 Å². The number of nitrogens with zero attached hydrogens (tertiary/aromatic N) is 2. The van der Waals surface area contributed by atoms with E-state index in [1.54, 1.807) is 0 Å². The second-order valence-electron chi connectivity index (χ2n) is 4.39. The maximum absolute atomic E-state index is 2.35. The summed E-state index contributed by atoms with van der Waals surface area (Å²) in [4.78, 5) is 2.35. The molecule has 2 rings (SSSR count). The van der Waals surface area contributed by atoms with Crippen molar-refractivity contribution in [3.8, 4) is 0 Å². The fourth-order valence-corrected chi connectivity index (χ4v) is 2.15. The Bertz CT molecular complexity index is 458. The van der Waals surface area contributed by atoms with Crippen LogP contribution in [0.15, 0.2) is 54.9 Å². The third-order valence-corrected chi connectivity index (χ3v) is 3.21. The molecule has 94 valence electrons. The summed E-state index contributed by atoms with van der Waals surface area (Å²) in [5, 5.41) is 0. The van der Waals surface area contributed by atoms with Crippen LogP contribution in [-0.2, 0) is 6.54 Å². The molecule has 18 heavy (non-hydrogen) atoms. The zero-order valence-electron chi connectivity index (χ0n) is 11.2. The summed E-state index contributed by atoms with van der Waals surface area (Å²) in [5.74, 6) is 0. The lowest BCUT2D eigenvalue weighted by atomic mass is 10.2. The molecule has 0 saturated carbocycles. The lowest BCUT2D eigenvalue weighted by Crippen LogP contribution is -2.34. The Morgan fingerprint density at radius 3 is 2.06 bits per heavy atom. The summed E-state index contributed by atoms with van der Waals surface area (Å²) in [7, 11) is 0. The van der Waals surface area contributed by atoms with Crippen LogP contribution in [0.25, 0.3) is 0 Å². The predicted octanol–water partition coefficient (Wildman–Crippen LogP) is 2.87. The van der Waals surface area contributed by atoms with Crippen molar-refractivity contribution in [1.82, 2.24) is 0 Å². The largest absolute Gasteiger partial charge is 0.372 e. The van der Waals surface area contributed by atoms with Crippen molar-refractivity contribution in [1.29, 1.82) is 0 Å². The molecular formula is C16H21N2+. The Hall–Kier alpha value is -1.83. The van der Waals surface area contributed by atoms with Gasteiger partial charge in [0.2, 0.25) is 0 Å². The zero-order chi connectivity index (χ0) is 12.8. The quantitative estimate of drug-likeness (QED) is 0.730. The monoisotopic (exact) mass is 241 g/mol. The van der Waals surface area contributed by atoms with Crippen LogP contribution >= 0.6 is 0 Å². The zero-order valence-corrected chi connectivity index (χ0v) is 11.2. The molecule has 1 aromatic carbocycles. The molecule has 1 aromatic heterocycles. The van der Waals surface area contributed by atoms with E-state index in [1.165, 1.54) is 11.3 Å². The Balaban J connectivity index is 2.08. The average molecular weight is 241 g/mol. The van der Waals surface area contributed by atoms with Gasteiger partial charge in [0.05, 0.1) is 0 Å². The molecule has 2 nitrogen and oxygen atoms in total. The second kappa shape index (κ2) is 6.20. The number of rotatable bonds is 5. The lowest BCUT2D eigenvalue weighted by molar-refractivity contribution is -0.688. The van der Waals surface area contributed by atoms with Gasteiger partial charge in [-0.2, -0.15) is 0 Å². The van der Waals surface area contributed by atoms with E-state index >= 15 is 0 Å². The summed E-state index contributed by atoms with van der Waals surface area (Å²) in [6.45, 7) is 7.42. The topological polar surface area (TPSA) is 7.12 Å². The maximum atomic E-state index is 2.35. The number of pyridine rings is 1. The summed E-state index contributed by atoms with van der Waals surface area (Å²) in [6.07, 6.45) is 4.31. The van der Waals surface area contributed by atoms with Crippen LogP contribution in [0.1, 0.15) is 19.4 Å². The molecule has 0 aliphatic carbocycles. The van der Waals surface area contributed by atoms with Gasteiger partial charge in [-0.3, -0.25) is 0 Å². The molecule has 2 aromatic rings. The normalized spacial score (nSPS) is 10.3. The molecular weight excluding hydrogens is 220 g/mol. The minimum absolute atomic E-state index is 0.930. The van der Waals surface area contributed by atoms with Crippen molar-refractivity contribution < 1.29 is 4.57 Å². The SMILES string of the molecule is CCN(CC)c1cc[n+](Cc2ccccc2)cc1. The van der Waals surface area contributed by atoms with Gasteiger partial charge in [0.1, 0.15) is 0 Å². The van der Waals surface area contributed by atoms with Crippen molar-refractivity contribution >= 4 is 5.69 Å². The molecule has 0 saturated heterocycles. The van der Waals surface area contributed by atoms with Crippen LogP contribution in [0, 0.1) is 0 Å². The van der Waals surface area contributed by atoms with Crippen molar-refractivity contribution in [3.05, 3.63) is 60.4 Å². The van der Waals surface area contributed by atoms with Gasteiger partial charge in [-0.15, -0.1) is 0 Å². The first kappa shape index (κ1) is 12.6. The lowest BCUT2D eigenvalue weighted by Gasteiger charge is -2.19. The molecule has 0 atom stereocenters. The molecule has 0 aliphatic heterocycles. The van der Waals surface area contributed by atoms with Crippen molar-refractivity contribution in [2.24, 2.45) is 0 Å². The minimum Gasteiger partial charge on any atom is -0.372 e. The van der Waals surface area contributed by atoms with E-state index in [4.69, 9.17) is 0 Å². The van der Waals surface area contributed by atoms with Crippen LogP contribution in [0.5, 0.6) is 0 Å². The number of aromatic nitrogens is 1. The molecule has 0 spiro atoms. The van der Waals surface area contributed by atoms with Crippen LogP contribution in [0.3, 0.4) is 0 Å². The highest BCUT2D eigenvalue weighted by Gasteiger charge is 2.05. The molecule has 0 bridgehead atoms. The van der Waals surface area contributed by atoms with Crippen LogP contribution < -0.4 is 9.47 Å². The Morgan fingerprint density at radius 1 is 0.889 bits per heavy atom. The molecule has 1 heterocycles. The number of hydrogen-bond donors (Lipinski definition) is 0. The van der Waals surface area contributed by atoms with Crippen LogP contribution in [0.2, 0.25) is 0 Å². The first-order valence-electron chi connectivity index (χ1n) is 6.61. The fraction of sp³-hybridized carbons (Fsp3) is 0.312. The van der Waals surface area contributed by atoms with E-state index in [0.29, 0.717) is 0 Å². The average Bonchev–Trinajstić information content (AvgIpc) is 2.43. The number of hydrogen-bond acceptors (Lipinski definition) is 1. The molecule has 0 N–H and O–H groups in total. The minimum atomic E-state index is 0.930. The molecule has 0 aliphatic rings. The fourth-order valence-electron chi connectivity index (χ4n) is 2.15. The van der Waals surface area contributed by atoms with Gasteiger partial charge < -0.3 is 4.90 Å². The molecule has 0 radical (unpaired) electrons. The molecule has 0 unspecified atom stereocenters. The standard InChI is InChI=1S/C16H21N2/c1-3-18(4-2)16-10-12-17(13-11-16)14-15-8-6-5-7-9-15/h5-13H,3-4,14H2,1-2H3/q+1. The van der Waals surface area contributed by atoms with Gasteiger partial charge >= 0.3 is 0 Å². The first-order valence-corrected chi connectivity index (χ1v) is 6.61.